The van der Waals surface area contributed by atoms with E-state index in [2.05, 4.69) is 9.46 Å². The summed E-state index contributed by atoms with van der Waals surface area (Å²) in [6.45, 7) is 0. The summed E-state index contributed by atoms with van der Waals surface area (Å²) in [4.78, 5) is 31.8. The number of benzene rings is 3. The molecule has 38 heavy (non-hydrogen) atoms. The van der Waals surface area contributed by atoms with Gasteiger partial charge in [0.1, 0.15) is 16.7 Å². The third-order valence-electron chi connectivity index (χ3n) is 5.05. The van der Waals surface area contributed by atoms with E-state index in [9.17, 15) is 41.9 Å². The van der Waals surface area contributed by atoms with E-state index >= 15 is 0 Å². The Morgan fingerprint density at radius 2 is 1.29 bits per heavy atom. The largest absolute Gasteiger partial charge is 0.468 e. The van der Waals surface area contributed by atoms with Crippen molar-refractivity contribution in [3.05, 3.63) is 98.6 Å². The Labute approximate surface area is 216 Å². The molecule has 0 bridgehead atoms. The molecule has 0 aliphatic heterocycles. The van der Waals surface area contributed by atoms with Gasteiger partial charge in [0.05, 0.1) is 21.9 Å². The lowest BCUT2D eigenvalue weighted by Gasteiger charge is -2.17. The monoisotopic (exact) mass is 565 g/mol. The third-order valence-corrected chi connectivity index (χ3v) is 7.80. The zero-order valence-electron chi connectivity index (χ0n) is 19.4. The maximum Gasteiger partial charge on any atom is 0.339 e. The Morgan fingerprint density at radius 1 is 0.816 bits per heavy atom. The molecule has 0 spiro atoms. The summed E-state index contributed by atoms with van der Waals surface area (Å²) < 4.78 is 62.3. The van der Waals surface area contributed by atoms with Crippen LogP contribution >= 0.6 is 0 Å². The fourth-order valence-electron chi connectivity index (χ4n) is 3.14. The summed E-state index contributed by atoms with van der Waals surface area (Å²) in [5.41, 5.74) is -0.198. The summed E-state index contributed by atoms with van der Waals surface area (Å²) in [5.74, 6) is -1.01. The number of esters is 1. The Bertz CT molecular complexity index is 1550. The van der Waals surface area contributed by atoms with E-state index in [4.69, 9.17) is 4.18 Å². The molecule has 0 heterocycles. The van der Waals surface area contributed by atoms with Crippen molar-refractivity contribution < 1.29 is 40.4 Å². The van der Waals surface area contributed by atoms with Crippen molar-refractivity contribution in [2.45, 2.75) is 22.3 Å². The number of sulfonamides is 1. The highest BCUT2D eigenvalue weighted by Gasteiger charge is 2.27. The first-order valence-electron chi connectivity index (χ1n) is 10.4. The van der Waals surface area contributed by atoms with Crippen LogP contribution in [0.3, 0.4) is 0 Å². The molecule has 3 rings (SSSR count). The normalized spacial score (nSPS) is 12.3. The van der Waals surface area contributed by atoms with Gasteiger partial charge in [-0.05, 0) is 48.4 Å². The molecule has 0 aliphatic rings. The first-order valence-corrected chi connectivity index (χ1v) is 13.3. The molecule has 200 valence electrons. The topological polar surface area (TPSA) is 202 Å². The van der Waals surface area contributed by atoms with Gasteiger partial charge >= 0.3 is 16.1 Å². The Morgan fingerprint density at radius 3 is 1.74 bits per heavy atom. The molecular weight excluding hydrogens is 546 g/mol. The molecule has 0 aliphatic carbocycles. The average molecular weight is 566 g/mol. The van der Waals surface area contributed by atoms with Crippen molar-refractivity contribution in [3.8, 4) is 5.75 Å². The second kappa shape index (κ2) is 11.3. The Balaban J connectivity index is 1.74. The van der Waals surface area contributed by atoms with Gasteiger partial charge in [-0.2, -0.15) is 13.1 Å². The van der Waals surface area contributed by atoms with Gasteiger partial charge in [-0.3, -0.25) is 25.0 Å². The van der Waals surface area contributed by atoms with Crippen LogP contribution in [0.1, 0.15) is 5.56 Å². The number of nitro groups is 2. The highest BCUT2D eigenvalue weighted by atomic mass is 32.2. The standard InChI is InChI=1S/C22H19N3O11S2/c1-35-22(26)21(23-37(31,32)19-10-4-16(5-11-19)24(27)28)14-15-2-8-18(9-3-15)36-38(33,34)20-12-6-17(7-13-20)25(29)30/h2-13,21,23H,14H2,1H3/t21-/m0/s1. The minimum atomic E-state index is -4.30. The quantitative estimate of drug-likeness (QED) is 0.155. The fraction of sp³-hybridized carbons (Fsp3) is 0.136. The van der Waals surface area contributed by atoms with Crippen molar-refractivity contribution in [2.75, 3.05) is 7.11 Å². The highest BCUT2D eigenvalue weighted by Crippen LogP contribution is 2.22. The molecule has 16 heteroatoms. The minimum Gasteiger partial charge on any atom is -0.468 e. The van der Waals surface area contributed by atoms with Crippen molar-refractivity contribution in [2.24, 2.45) is 0 Å². The second-order valence-corrected chi connectivity index (χ2v) is 10.8. The molecule has 0 fully saturated rings. The lowest BCUT2D eigenvalue weighted by atomic mass is 10.1. The number of nitrogens with zero attached hydrogens (tertiary/aromatic N) is 2. The molecule has 0 radical (unpaired) electrons. The van der Waals surface area contributed by atoms with Crippen molar-refractivity contribution in [3.63, 3.8) is 0 Å². The number of nitrogens with one attached hydrogen (secondary N) is 1. The number of ether oxygens (including phenoxy) is 1. The van der Waals surface area contributed by atoms with E-state index in [1.165, 1.54) is 24.3 Å². The summed E-state index contributed by atoms with van der Waals surface area (Å²) in [6, 6.07) is 12.1. The van der Waals surface area contributed by atoms with Crippen LogP contribution in [0, 0.1) is 20.2 Å². The number of hydrogen-bond donors (Lipinski definition) is 1. The van der Waals surface area contributed by atoms with Crippen LogP contribution in [0.2, 0.25) is 0 Å². The first-order chi connectivity index (χ1) is 17.8. The molecule has 3 aromatic rings. The van der Waals surface area contributed by atoms with Crippen LogP contribution < -0.4 is 8.91 Å². The molecular formula is C22H19N3O11S2. The zero-order chi connectivity index (χ0) is 28.1. The number of methoxy groups -OCH3 is 1. The van der Waals surface area contributed by atoms with Crippen molar-refractivity contribution in [1.82, 2.24) is 4.72 Å². The summed E-state index contributed by atoms with van der Waals surface area (Å²) >= 11 is 0. The van der Waals surface area contributed by atoms with Gasteiger partial charge in [0.15, 0.2) is 0 Å². The van der Waals surface area contributed by atoms with E-state index in [-0.39, 0.29) is 33.3 Å². The van der Waals surface area contributed by atoms with Crippen LogP contribution in [-0.2, 0) is 36.1 Å². The van der Waals surface area contributed by atoms with Crippen molar-refractivity contribution >= 4 is 37.5 Å². The summed E-state index contributed by atoms with van der Waals surface area (Å²) in [6.07, 6.45) is -0.186. The average Bonchev–Trinajstić information content (AvgIpc) is 2.88. The predicted octanol–water partition coefficient (Wildman–Crippen LogP) is 2.33. The minimum absolute atomic E-state index is 0.104. The fourth-order valence-corrected chi connectivity index (χ4v) is 5.26. The SMILES string of the molecule is COC(=O)[C@H](Cc1ccc(OS(=O)(=O)c2ccc([N+](=O)[O-])cc2)cc1)NS(=O)(=O)c1ccc([N+](=O)[O-])cc1. The molecule has 0 saturated heterocycles. The molecule has 0 saturated carbocycles. The van der Waals surface area contributed by atoms with Crippen LogP contribution in [-0.4, -0.2) is 45.8 Å². The lowest BCUT2D eigenvalue weighted by Crippen LogP contribution is -2.42. The number of carbonyl (C=O) groups excluding carboxylic acids is 1. The molecule has 3 aromatic carbocycles. The van der Waals surface area contributed by atoms with Crippen LogP contribution in [0.15, 0.2) is 82.6 Å². The van der Waals surface area contributed by atoms with Gasteiger partial charge in [-0.15, -0.1) is 0 Å². The van der Waals surface area contributed by atoms with Gasteiger partial charge in [0.2, 0.25) is 10.0 Å². The van der Waals surface area contributed by atoms with Crippen LogP contribution in [0.4, 0.5) is 11.4 Å². The lowest BCUT2D eigenvalue weighted by molar-refractivity contribution is -0.385. The number of carbonyl (C=O) groups is 1. The van der Waals surface area contributed by atoms with Crippen LogP contribution in [0.25, 0.3) is 0 Å². The smallest absolute Gasteiger partial charge is 0.339 e. The van der Waals surface area contributed by atoms with E-state index in [0.717, 1.165) is 55.6 Å². The molecule has 0 amide bonds. The van der Waals surface area contributed by atoms with Gasteiger partial charge in [0.25, 0.3) is 11.4 Å². The third kappa shape index (κ3) is 6.87. The van der Waals surface area contributed by atoms with Gasteiger partial charge < -0.3 is 8.92 Å². The number of non-ortho nitro benzene ring substituents is 2. The number of hydrogen-bond acceptors (Lipinski definition) is 11. The van der Waals surface area contributed by atoms with E-state index in [1.54, 1.807) is 0 Å². The molecule has 1 N–H and O–H groups in total. The zero-order valence-corrected chi connectivity index (χ0v) is 21.0. The highest BCUT2D eigenvalue weighted by molar-refractivity contribution is 7.89. The van der Waals surface area contributed by atoms with Gasteiger partial charge in [-0.1, -0.05) is 12.1 Å². The van der Waals surface area contributed by atoms with Gasteiger partial charge in [0, 0.05) is 24.3 Å². The predicted molar refractivity (Wildman–Crippen MR) is 130 cm³/mol. The molecule has 0 aromatic heterocycles. The van der Waals surface area contributed by atoms with E-state index in [1.807, 2.05) is 0 Å². The number of nitro benzene ring substituents is 2. The van der Waals surface area contributed by atoms with Crippen LogP contribution in [0.5, 0.6) is 5.75 Å². The summed E-state index contributed by atoms with van der Waals surface area (Å²) in [7, 11) is -7.51. The molecule has 0 unspecified atom stereocenters. The maximum atomic E-state index is 12.7. The number of rotatable bonds is 11. The Hall–Kier alpha value is -4.41. The van der Waals surface area contributed by atoms with Crippen molar-refractivity contribution in [1.29, 1.82) is 0 Å². The first kappa shape index (κ1) is 28.2. The Kier molecular flexibility index (Phi) is 8.39. The maximum absolute atomic E-state index is 12.7. The molecule has 1 atom stereocenters. The van der Waals surface area contributed by atoms with Gasteiger partial charge in [-0.25, -0.2) is 8.42 Å². The summed E-state index contributed by atoms with van der Waals surface area (Å²) in [5, 5.41) is 21.5. The van der Waals surface area contributed by atoms with E-state index in [0.29, 0.717) is 5.56 Å². The van der Waals surface area contributed by atoms with E-state index < -0.39 is 42.0 Å². The molecule has 14 nitrogen and oxygen atoms in total. The second-order valence-electron chi connectivity index (χ2n) is 7.58.